The van der Waals surface area contributed by atoms with Gasteiger partial charge in [-0.1, -0.05) is 48.5 Å². The molecule has 0 fully saturated rings. The molecule has 1 heterocycles. The Balaban J connectivity index is 1.32. The van der Waals surface area contributed by atoms with Gasteiger partial charge in [0.1, 0.15) is 0 Å². The number of anilines is 2. The van der Waals surface area contributed by atoms with E-state index >= 15 is 0 Å². The molecule has 3 aromatic carbocycles. The van der Waals surface area contributed by atoms with Crippen molar-refractivity contribution in [2.24, 2.45) is 0 Å². The molecule has 0 aliphatic rings. The minimum Gasteiger partial charge on any atom is -0.379 e. The molecule has 0 aliphatic heterocycles. The van der Waals surface area contributed by atoms with Crippen LogP contribution in [0, 0.1) is 0 Å². The summed E-state index contributed by atoms with van der Waals surface area (Å²) >= 11 is 0. The van der Waals surface area contributed by atoms with Crippen LogP contribution in [0.5, 0.6) is 0 Å². The Kier molecular flexibility index (Phi) is 5.90. The van der Waals surface area contributed by atoms with E-state index in [0.717, 1.165) is 22.6 Å². The molecule has 1 unspecified atom stereocenters. The number of carbonyl (C=O) groups is 1. The second kappa shape index (κ2) is 9.09. The summed E-state index contributed by atoms with van der Waals surface area (Å²) in [6, 6.07) is 28.1. The van der Waals surface area contributed by atoms with Crippen LogP contribution < -0.4 is 10.6 Å². The zero-order valence-electron chi connectivity index (χ0n) is 16.8. The fourth-order valence-corrected chi connectivity index (χ4v) is 3.29. The number of hydrogen-bond acceptors (Lipinski definition) is 3. The van der Waals surface area contributed by atoms with Crippen molar-refractivity contribution in [3.8, 4) is 5.69 Å². The lowest BCUT2D eigenvalue weighted by Crippen LogP contribution is -2.14. The van der Waals surface area contributed by atoms with Crippen LogP contribution in [-0.4, -0.2) is 15.7 Å². The maximum atomic E-state index is 12.4. The van der Waals surface area contributed by atoms with Crippen molar-refractivity contribution in [1.29, 1.82) is 0 Å². The smallest absolute Gasteiger partial charge is 0.228 e. The summed E-state index contributed by atoms with van der Waals surface area (Å²) in [6.07, 6.45) is 3.88. The van der Waals surface area contributed by atoms with Crippen molar-refractivity contribution >= 4 is 17.3 Å². The highest BCUT2D eigenvalue weighted by Crippen LogP contribution is 2.21. The second-order valence-electron chi connectivity index (χ2n) is 7.21. The number of para-hydroxylation sites is 1. The van der Waals surface area contributed by atoms with Crippen LogP contribution in [-0.2, 0) is 11.2 Å². The molecular weight excluding hydrogens is 372 g/mol. The second-order valence-corrected chi connectivity index (χ2v) is 7.21. The average molecular weight is 396 g/mol. The number of amides is 1. The Hall–Kier alpha value is -3.86. The van der Waals surface area contributed by atoms with Crippen LogP contribution in [0.4, 0.5) is 11.4 Å². The lowest BCUT2D eigenvalue weighted by atomic mass is 10.1. The summed E-state index contributed by atoms with van der Waals surface area (Å²) in [6.45, 7) is 2.13. The Labute approximate surface area is 176 Å². The van der Waals surface area contributed by atoms with Crippen molar-refractivity contribution < 1.29 is 4.79 Å². The number of nitrogens with zero attached hydrogens (tertiary/aromatic N) is 2. The largest absolute Gasteiger partial charge is 0.379 e. The fourth-order valence-electron chi connectivity index (χ4n) is 3.29. The summed E-state index contributed by atoms with van der Waals surface area (Å²) in [5.41, 5.74) is 4.84. The van der Waals surface area contributed by atoms with E-state index < -0.39 is 0 Å². The van der Waals surface area contributed by atoms with Gasteiger partial charge >= 0.3 is 0 Å². The van der Waals surface area contributed by atoms with Crippen molar-refractivity contribution in [3.63, 3.8) is 0 Å². The highest BCUT2D eigenvalue weighted by Gasteiger charge is 2.08. The molecule has 0 spiro atoms. The van der Waals surface area contributed by atoms with Gasteiger partial charge in [-0.05, 0) is 54.4 Å². The van der Waals surface area contributed by atoms with E-state index in [1.165, 1.54) is 5.56 Å². The van der Waals surface area contributed by atoms with Gasteiger partial charge in [0.25, 0.3) is 0 Å². The van der Waals surface area contributed by atoms with Gasteiger partial charge < -0.3 is 10.6 Å². The molecule has 0 radical (unpaired) electrons. The standard InChI is InChI=1S/C25H24N4O/c1-19(21-8-4-2-5-9-21)27-22-12-14-23(15-13-22)28-25(30)16-20-17-26-29(18-20)24-10-6-3-7-11-24/h2-15,17-19,27H,16H2,1H3,(H,28,30). The maximum Gasteiger partial charge on any atom is 0.228 e. The highest BCUT2D eigenvalue weighted by atomic mass is 16.1. The predicted octanol–water partition coefficient (Wildman–Crippen LogP) is 5.23. The van der Waals surface area contributed by atoms with Gasteiger partial charge in [-0.2, -0.15) is 5.10 Å². The number of nitrogens with one attached hydrogen (secondary N) is 2. The van der Waals surface area contributed by atoms with Crippen LogP contribution in [0.15, 0.2) is 97.3 Å². The molecule has 2 N–H and O–H groups in total. The third-order valence-corrected chi connectivity index (χ3v) is 4.87. The molecular formula is C25H24N4O. The van der Waals surface area contributed by atoms with Gasteiger partial charge in [0.2, 0.25) is 5.91 Å². The molecule has 1 aromatic heterocycles. The van der Waals surface area contributed by atoms with Gasteiger partial charge in [-0.25, -0.2) is 4.68 Å². The Morgan fingerprint density at radius 1 is 0.900 bits per heavy atom. The molecule has 0 bridgehead atoms. The van der Waals surface area contributed by atoms with E-state index in [1.54, 1.807) is 10.9 Å². The summed E-state index contributed by atoms with van der Waals surface area (Å²) in [7, 11) is 0. The number of carbonyl (C=O) groups excluding carboxylic acids is 1. The maximum absolute atomic E-state index is 12.4. The van der Waals surface area contributed by atoms with E-state index in [0.29, 0.717) is 0 Å². The molecule has 1 atom stereocenters. The molecule has 5 nitrogen and oxygen atoms in total. The molecule has 30 heavy (non-hydrogen) atoms. The Morgan fingerprint density at radius 2 is 1.53 bits per heavy atom. The van der Waals surface area contributed by atoms with E-state index in [-0.39, 0.29) is 18.4 Å². The average Bonchev–Trinajstić information content (AvgIpc) is 3.24. The van der Waals surface area contributed by atoms with E-state index in [1.807, 2.05) is 79.0 Å². The van der Waals surface area contributed by atoms with Gasteiger partial charge in [-0.3, -0.25) is 4.79 Å². The monoisotopic (exact) mass is 396 g/mol. The van der Waals surface area contributed by atoms with Crippen LogP contribution in [0.25, 0.3) is 5.69 Å². The van der Waals surface area contributed by atoms with E-state index in [2.05, 4.69) is 34.8 Å². The predicted molar refractivity (Wildman–Crippen MR) is 121 cm³/mol. The van der Waals surface area contributed by atoms with Crippen molar-refractivity contribution in [3.05, 3.63) is 108 Å². The number of benzene rings is 3. The molecule has 5 heteroatoms. The first-order valence-electron chi connectivity index (χ1n) is 9.98. The summed E-state index contributed by atoms with van der Waals surface area (Å²) in [5.74, 6) is -0.0685. The first-order chi connectivity index (χ1) is 14.7. The van der Waals surface area contributed by atoms with E-state index in [9.17, 15) is 4.79 Å². The van der Waals surface area contributed by atoms with Crippen LogP contribution >= 0.6 is 0 Å². The van der Waals surface area contributed by atoms with E-state index in [4.69, 9.17) is 0 Å². The van der Waals surface area contributed by atoms with Gasteiger partial charge in [0.05, 0.1) is 18.3 Å². The van der Waals surface area contributed by atoms with Crippen LogP contribution in [0.2, 0.25) is 0 Å². The van der Waals surface area contributed by atoms with Gasteiger partial charge in [-0.15, -0.1) is 0 Å². The van der Waals surface area contributed by atoms with Gasteiger partial charge in [0, 0.05) is 23.6 Å². The highest BCUT2D eigenvalue weighted by molar-refractivity contribution is 5.92. The molecule has 0 saturated carbocycles. The van der Waals surface area contributed by atoms with Gasteiger partial charge in [0.15, 0.2) is 0 Å². The molecule has 0 aliphatic carbocycles. The first-order valence-corrected chi connectivity index (χ1v) is 9.98. The molecule has 4 aromatic rings. The molecule has 4 rings (SSSR count). The lowest BCUT2D eigenvalue weighted by molar-refractivity contribution is -0.115. The fraction of sp³-hybridized carbons (Fsp3) is 0.120. The number of aromatic nitrogens is 2. The van der Waals surface area contributed by atoms with Crippen LogP contribution in [0.1, 0.15) is 24.1 Å². The number of rotatable bonds is 7. The summed E-state index contributed by atoms with van der Waals surface area (Å²) < 4.78 is 1.77. The molecule has 1 amide bonds. The minimum atomic E-state index is -0.0685. The van der Waals surface area contributed by atoms with Crippen molar-refractivity contribution in [2.75, 3.05) is 10.6 Å². The minimum absolute atomic E-state index is 0.0685. The lowest BCUT2D eigenvalue weighted by Gasteiger charge is -2.16. The molecule has 150 valence electrons. The summed E-state index contributed by atoms with van der Waals surface area (Å²) in [5, 5.41) is 10.8. The number of hydrogen-bond donors (Lipinski definition) is 2. The third kappa shape index (κ3) is 4.94. The van der Waals surface area contributed by atoms with Crippen LogP contribution in [0.3, 0.4) is 0 Å². The zero-order chi connectivity index (χ0) is 20.8. The Bertz CT molecular complexity index is 1090. The molecule has 0 saturated heterocycles. The topological polar surface area (TPSA) is 58.9 Å². The quantitative estimate of drug-likeness (QED) is 0.450. The SMILES string of the molecule is CC(Nc1ccc(NC(=O)Cc2cnn(-c3ccccc3)c2)cc1)c1ccccc1. The first kappa shape index (κ1) is 19.5. The Morgan fingerprint density at radius 3 is 2.23 bits per heavy atom. The normalized spacial score (nSPS) is 11.6. The van der Waals surface area contributed by atoms with Crippen molar-refractivity contribution in [1.82, 2.24) is 9.78 Å². The summed E-state index contributed by atoms with van der Waals surface area (Å²) in [4.78, 5) is 12.4. The van der Waals surface area contributed by atoms with Crippen molar-refractivity contribution in [2.45, 2.75) is 19.4 Å². The zero-order valence-corrected chi connectivity index (χ0v) is 16.8. The third-order valence-electron chi connectivity index (χ3n) is 4.87.